The third kappa shape index (κ3) is 3.03. The van der Waals surface area contributed by atoms with Gasteiger partial charge in [-0.3, -0.25) is 4.79 Å². The molecule has 98 valence electrons. The molecule has 2 rings (SSSR count). The van der Waals surface area contributed by atoms with Gasteiger partial charge in [0.15, 0.2) is 0 Å². The first-order valence-corrected chi connectivity index (χ1v) is 7.26. The van der Waals surface area contributed by atoms with Crippen LogP contribution in [0.5, 0.6) is 0 Å². The van der Waals surface area contributed by atoms with Crippen LogP contribution in [0.2, 0.25) is 0 Å². The molecule has 1 heterocycles. The van der Waals surface area contributed by atoms with Crippen molar-refractivity contribution < 1.29 is 9.90 Å². The van der Waals surface area contributed by atoms with Crippen molar-refractivity contribution in [3.63, 3.8) is 0 Å². The van der Waals surface area contributed by atoms with Gasteiger partial charge in [0.2, 0.25) is 0 Å². The maximum atomic E-state index is 12.0. The second-order valence-electron chi connectivity index (χ2n) is 4.87. The van der Waals surface area contributed by atoms with Crippen molar-refractivity contribution in [3.8, 4) is 0 Å². The van der Waals surface area contributed by atoms with Gasteiger partial charge in [0.05, 0.1) is 11.2 Å². The molecule has 0 aliphatic heterocycles. The molecule has 0 unspecified atom stereocenters. The fourth-order valence-electron chi connectivity index (χ4n) is 1.93. The van der Waals surface area contributed by atoms with Crippen molar-refractivity contribution in [2.45, 2.75) is 30.4 Å². The Hall–Kier alpha value is -1.07. The van der Waals surface area contributed by atoms with Crippen LogP contribution in [-0.2, 0) is 0 Å². The molecule has 0 aromatic carbocycles. The van der Waals surface area contributed by atoms with Crippen LogP contribution in [0.3, 0.4) is 0 Å². The highest BCUT2D eigenvalue weighted by atomic mass is 32.2. The minimum absolute atomic E-state index is 0.173. The maximum absolute atomic E-state index is 12.0. The molecule has 0 saturated heterocycles. The number of amides is 1. The Kier molecular flexibility index (Phi) is 3.92. The number of aromatic nitrogens is 1. The number of aliphatic hydroxyl groups is 1. The van der Waals surface area contributed by atoms with Gasteiger partial charge in [0.25, 0.3) is 5.91 Å². The average Bonchev–Trinajstić information content (AvgIpc) is 3.20. The molecule has 18 heavy (non-hydrogen) atoms. The first-order chi connectivity index (χ1) is 8.54. The van der Waals surface area contributed by atoms with Crippen molar-refractivity contribution in [1.82, 2.24) is 10.3 Å². The molecule has 2 N–H and O–H groups in total. The normalized spacial score (nSPS) is 18.2. The molecule has 1 aliphatic carbocycles. The highest BCUT2D eigenvalue weighted by Crippen LogP contribution is 2.39. The summed E-state index contributed by atoms with van der Waals surface area (Å²) in [7, 11) is 0. The molecule has 1 aliphatic rings. The van der Waals surface area contributed by atoms with Crippen molar-refractivity contribution in [2.75, 3.05) is 12.8 Å². The van der Waals surface area contributed by atoms with Crippen LogP contribution >= 0.6 is 11.8 Å². The molecule has 5 heteroatoms. The summed E-state index contributed by atoms with van der Waals surface area (Å²) < 4.78 is 0. The van der Waals surface area contributed by atoms with Gasteiger partial charge in [-0.1, -0.05) is 0 Å². The van der Waals surface area contributed by atoms with Gasteiger partial charge in [-0.2, -0.15) is 0 Å². The molecule has 0 radical (unpaired) electrons. The van der Waals surface area contributed by atoms with E-state index < -0.39 is 5.60 Å². The topological polar surface area (TPSA) is 62.2 Å². The number of thioether (sulfide) groups is 1. The molecule has 1 aromatic rings. The lowest BCUT2D eigenvalue weighted by atomic mass is 10.0. The van der Waals surface area contributed by atoms with Crippen LogP contribution in [0.1, 0.15) is 30.1 Å². The quantitative estimate of drug-likeness (QED) is 0.796. The molecule has 4 nitrogen and oxygen atoms in total. The number of carbonyl (C=O) groups is 1. The van der Waals surface area contributed by atoms with Gasteiger partial charge in [-0.25, -0.2) is 4.98 Å². The molecule has 0 bridgehead atoms. The predicted molar refractivity (Wildman–Crippen MR) is 71.7 cm³/mol. The average molecular weight is 266 g/mol. The van der Waals surface area contributed by atoms with E-state index in [1.165, 1.54) is 11.8 Å². The first kappa shape index (κ1) is 13.4. The van der Waals surface area contributed by atoms with Gasteiger partial charge in [-0.15, -0.1) is 11.8 Å². The standard InChI is InChI=1S/C13H18N2O2S/c1-13(17,9-5-6-9)8-15-11(16)10-4-3-7-14-12(10)18-2/h3-4,7,9,17H,5-6,8H2,1-2H3,(H,15,16)/t13-/m0/s1. The van der Waals surface area contributed by atoms with Crippen LogP contribution < -0.4 is 5.32 Å². The summed E-state index contributed by atoms with van der Waals surface area (Å²) in [6, 6.07) is 3.49. The van der Waals surface area contributed by atoms with E-state index >= 15 is 0 Å². The zero-order valence-corrected chi connectivity index (χ0v) is 11.5. The molecule has 0 spiro atoms. The van der Waals surface area contributed by atoms with E-state index in [1.54, 1.807) is 25.3 Å². The zero-order chi connectivity index (χ0) is 13.2. The van der Waals surface area contributed by atoms with Crippen molar-refractivity contribution in [2.24, 2.45) is 5.92 Å². The van der Waals surface area contributed by atoms with Crippen molar-refractivity contribution in [1.29, 1.82) is 0 Å². The van der Waals surface area contributed by atoms with E-state index in [4.69, 9.17) is 0 Å². The molecule has 1 aromatic heterocycles. The Balaban J connectivity index is 1.99. The Morgan fingerprint density at radius 1 is 1.67 bits per heavy atom. The Morgan fingerprint density at radius 2 is 2.39 bits per heavy atom. The lowest BCUT2D eigenvalue weighted by Gasteiger charge is -2.23. The fourth-order valence-corrected chi connectivity index (χ4v) is 2.48. The molecule has 1 fully saturated rings. The van der Waals surface area contributed by atoms with Crippen LogP contribution in [-0.4, -0.2) is 34.4 Å². The zero-order valence-electron chi connectivity index (χ0n) is 10.6. The lowest BCUT2D eigenvalue weighted by molar-refractivity contribution is 0.0353. The smallest absolute Gasteiger partial charge is 0.254 e. The molecule has 1 atom stereocenters. The van der Waals surface area contributed by atoms with Gasteiger partial charge in [0, 0.05) is 12.7 Å². The maximum Gasteiger partial charge on any atom is 0.254 e. The Morgan fingerprint density at radius 3 is 3.00 bits per heavy atom. The molecular weight excluding hydrogens is 248 g/mol. The number of pyridine rings is 1. The minimum Gasteiger partial charge on any atom is -0.388 e. The van der Waals surface area contributed by atoms with E-state index in [9.17, 15) is 9.90 Å². The van der Waals surface area contributed by atoms with Crippen LogP contribution in [0, 0.1) is 5.92 Å². The SMILES string of the molecule is CSc1ncccc1C(=O)NC[C@](C)(O)C1CC1. The number of nitrogens with zero attached hydrogens (tertiary/aromatic N) is 1. The van der Waals surface area contributed by atoms with Gasteiger partial charge >= 0.3 is 0 Å². The first-order valence-electron chi connectivity index (χ1n) is 6.04. The Labute approximate surface area is 111 Å². The summed E-state index contributed by atoms with van der Waals surface area (Å²) in [4.78, 5) is 16.2. The number of hydrogen-bond acceptors (Lipinski definition) is 4. The minimum atomic E-state index is -0.794. The van der Waals surface area contributed by atoms with E-state index in [2.05, 4.69) is 10.3 Å². The number of carbonyl (C=O) groups excluding carboxylic acids is 1. The largest absolute Gasteiger partial charge is 0.388 e. The summed E-state index contributed by atoms with van der Waals surface area (Å²) in [5.74, 6) is 0.153. The third-order valence-electron chi connectivity index (χ3n) is 3.27. The summed E-state index contributed by atoms with van der Waals surface area (Å²) in [6.07, 6.45) is 5.65. The van der Waals surface area contributed by atoms with Crippen molar-refractivity contribution >= 4 is 17.7 Å². The van der Waals surface area contributed by atoms with Gasteiger partial charge < -0.3 is 10.4 Å². The Bertz CT molecular complexity index is 444. The second-order valence-corrected chi connectivity index (χ2v) is 5.67. The van der Waals surface area contributed by atoms with E-state index in [0.717, 1.165) is 12.8 Å². The molecular formula is C13H18N2O2S. The lowest BCUT2D eigenvalue weighted by Crippen LogP contribution is -2.42. The summed E-state index contributed by atoms with van der Waals surface area (Å²) in [6.45, 7) is 2.07. The van der Waals surface area contributed by atoms with E-state index in [0.29, 0.717) is 23.1 Å². The number of hydrogen-bond donors (Lipinski definition) is 2. The highest BCUT2D eigenvalue weighted by Gasteiger charge is 2.40. The predicted octanol–water partition coefficient (Wildman–Crippen LogP) is 1.69. The summed E-state index contributed by atoms with van der Waals surface area (Å²) in [5.41, 5.74) is -0.228. The van der Waals surface area contributed by atoms with Crippen LogP contribution in [0.4, 0.5) is 0 Å². The second kappa shape index (κ2) is 5.28. The van der Waals surface area contributed by atoms with E-state index in [1.807, 2.05) is 6.26 Å². The monoisotopic (exact) mass is 266 g/mol. The summed E-state index contributed by atoms with van der Waals surface area (Å²) in [5, 5.41) is 13.6. The number of rotatable bonds is 5. The van der Waals surface area contributed by atoms with Crippen molar-refractivity contribution in [3.05, 3.63) is 23.9 Å². The molecule has 1 amide bonds. The molecule has 1 saturated carbocycles. The fraction of sp³-hybridized carbons (Fsp3) is 0.538. The number of nitrogens with one attached hydrogen (secondary N) is 1. The van der Waals surface area contributed by atoms with Gasteiger partial charge in [-0.05, 0) is 44.1 Å². The third-order valence-corrected chi connectivity index (χ3v) is 3.98. The summed E-state index contributed by atoms with van der Waals surface area (Å²) >= 11 is 1.44. The highest BCUT2D eigenvalue weighted by molar-refractivity contribution is 7.98. The van der Waals surface area contributed by atoms with Crippen LogP contribution in [0.25, 0.3) is 0 Å². The van der Waals surface area contributed by atoms with Crippen LogP contribution in [0.15, 0.2) is 23.4 Å². The van der Waals surface area contributed by atoms with E-state index in [-0.39, 0.29) is 5.91 Å². The van der Waals surface area contributed by atoms with Gasteiger partial charge in [0.1, 0.15) is 5.03 Å².